The zero-order chi connectivity index (χ0) is 18.6. The number of ether oxygens (including phenoxy) is 3. The van der Waals surface area contributed by atoms with Crippen LogP contribution in [0.3, 0.4) is 0 Å². The summed E-state index contributed by atoms with van der Waals surface area (Å²) in [5.41, 5.74) is 0.631. The number of methoxy groups -OCH3 is 3. The van der Waals surface area contributed by atoms with Crippen LogP contribution >= 0.6 is 0 Å². The molecule has 0 fully saturated rings. The summed E-state index contributed by atoms with van der Waals surface area (Å²) >= 11 is 0. The molecule has 0 saturated carbocycles. The Hall–Kier alpha value is -2.51. The van der Waals surface area contributed by atoms with Crippen molar-refractivity contribution in [3.63, 3.8) is 0 Å². The van der Waals surface area contributed by atoms with Crippen molar-refractivity contribution in [1.29, 1.82) is 0 Å². The largest absolute Gasteiger partial charge is 0.493 e. The van der Waals surface area contributed by atoms with E-state index in [1.807, 2.05) is 19.0 Å². The van der Waals surface area contributed by atoms with E-state index < -0.39 is 12.1 Å². The van der Waals surface area contributed by atoms with E-state index in [1.165, 1.54) is 0 Å². The molecule has 1 aromatic heterocycles. The summed E-state index contributed by atoms with van der Waals surface area (Å²) < 4.78 is 17.9. The molecule has 0 saturated heterocycles. The molecule has 0 aliphatic rings. The molecule has 136 valence electrons. The lowest BCUT2D eigenvalue weighted by molar-refractivity contribution is 0.0695. The fraction of sp³-hybridized carbons (Fsp3) is 0.389. The van der Waals surface area contributed by atoms with Crippen molar-refractivity contribution in [3.05, 3.63) is 42.5 Å². The van der Waals surface area contributed by atoms with Crippen LogP contribution in [0.15, 0.2) is 31.1 Å². The minimum absolute atomic E-state index is 0.393. The van der Waals surface area contributed by atoms with E-state index in [-0.39, 0.29) is 0 Å². The molecule has 0 spiro atoms. The van der Waals surface area contributed by atoms with Gasteiger partial charge in [-0.3, -0.25) is 4.90 Å². The number of rotatable bonds is 8. The Kier molecular flexibility index (Phi) is 6.06. The first-order valence-electron chi connectivity index (χ1n) is 7.78. The lowest BCUT2D eigenvalue weighted by Crippen LogP contribution is -2.28. The van der Waals surface area contributed by atoms with E-state index in [0.717, 1.165) is 0 Å². The Balaban J connectivity index is 2.53. The Labute approximate surface area is 148 Å². The molecule has 0 bridgehead atoms. The van der Waals surface area contributed by atoms with Crippen molar-refractivity contribution >= 4 is 6.20 Å². The monoisotopic (exact) mass is 347 g/mol. The molecule has 0 radical (unpaired) electrons. The second kappa shape index (κ2) is 8.04. The molecule has 2 rings (SSSR count). The van der Waals surface area contributed by atoms with Gasteiger partial charge in [-0.1, -0.05) is 6.58 Å². The number of imidazole rings is 1. The summed E-state index contributed by atoms with van der Waals surface area (Å²) in [6.45, 7) is 3.78. The average molecular weight is 347 g/mol. The summed E-state index contributed by atoms with van der Waals surface area (Å²) in [4.78, 5) is 6.28. The van der Waals surface area contributed by atoms with E-state index in [1.54, 1.807) is 56.6 Å². The predicted molar refractivity (Wildman–Crippen MR) is 96.1 cm³/mol. The number of aromatic nitrogens is 2. The number of hydrogen-bond donors (Lipinski definition) is 1. The molecule has 7 heteroatoms. The highest BCUT2D eigenvalue weighted by atomic mass is 16.5. The molecule has 0 amide bonds. The van der Waals surface area contributed by atoms with Crippen molar-refractivity contribution in [3.8, 4) is 17.2 Å². The molecule has 1 N–H and O–H groups in total. The van der Waals surface area contributed by atoms with Crippen LogP contribution < -0.4 is 14.2 Å². The lowest BCUT2D eigenvalue weighted by atomic mass is 9.99. The van der Waals surface area contributed by atoms with Gasteiger partial charge in [0.15, 0.2) is 11.5 Å². The summed E-state index contributed by atoms with van der Waals surface area (Å²) in [6, 6.07) is 3.09. The Bertz CT molecular complexity index is 702. The smallest absolute Gasteiger partial charge is 0.203 e. The fourth-order valence-corrected chi connectivity index (χ4v) is 2.82. The molecule has 25 heavy (non-hydrogen) atoms. The number of aliphatic hydroxyl groups is 1. The molecular weight excluding hydrogens is 322 g/mol. The number of aliphatic hydroxyl groups excluding tert-OH is 1. The Morgan fingerprint density at radius 2 is 1.76 bits per heavy atom. The number of benzene rings is 1. The molecule has 0 aliphatic heterocycles. The minimum Gasteiger partial charge on any atom is -0.493 e. The van der Waals surface area contributed by atoms with Crippen LogP contribution in [0.2, 0.25) is 0 Å². The fourth-order valence-electron chi connectivity index (χ4n) is 2.82. The van der Waals surface area contributed by atoms with Crippen LogP contribution in [0.4, 0.5) is 0 Å². The molecule has 1 heterocycles. The number of hydrogen-bond acceptors (Lipinski definition) is 6. The van der Waals surface area contributed by atoms with E-state index in [2.05, 4.69) is 11.6 Å². The van der Waals surface area contributed by atoms with Gasteiger partial charge in [-0.2, -0.15) is 0 Å². The first-order valence-corrected chi connectivity index (χ1v) is 7.78. The van der Waals surface area contributed by atoms with Crippen LogP contribution in [0.5, 0.6) is 17.2 Å². The van der Waals surface area contributed by atoms with E-state index in [9.17, 15) is 5.11 Å². The third-order valence-corrected chi connectivity index (χ3v) is 4.04. The van der Waals surface area contributed by atoms with Gasteiger partial charge in [-0.05, 0) is 31.8 Å². The quantitative estimate of drug-likeness (QED) is 0.790. The van der Waals surface area contributed by atoms with Crippen LogP contribution in [0, 0.1) is 0 Å². The molecule has 2 aromatic rings. The van der Waals surface area contributed by atoms with Crippen molar-refractivity contribution in [1.82, 2.24) is 14.5 Å². The Morgan fingerprint density at radius 3 is 2.20 bits per heavy atom. The van der Waals surface area contributed by atoms with E-state index in [4.69, 9.17) is 14.2 Å². The highest BCUT2D eigenvalue weighted by Crippen LogP contribution is 2.42. The minimum atomic E-state index is -0.871. The molecule has 0 unspecified atom stereocenters. The standard InChI is InChI=1S/C18H25N3O4/c1-7-21-9-8-19-18(21)15(20(2)3)16(22)12-10-13(23-4)17(25-6)14(11-12)24-5/h7-11,15-16,22H,1H2,2-6H3/t15-,16-/m1/s1. The van der Waals surface area contributed by atoms with Crippen molar-refractivity contribution < 1.29 is 19.3 Å². The zero-order valence-electron chi connectivity index (χ0n) is 15.3. The van der Waals surface area contributed by atoms with Gasteiger partial charge in [0.2, 0.25) is 5.75 Å². The van der Waals surface area contributed by atoms with Gasteiger partial charge in [0.1, 0.15) is 11.9 Å². The third-order valence-electron chi connectivity index (χ3n) is 4.04. The molecule has 2 atom stereocenters. The van der Waals surface area contributed by atoms with Gasteiger partial charge < -0.3 is 23.9 Å². The normalized spacial score (nSPS) is 13.4. The molecule has 1 aromatic carbocycles. The second-order valence-corrected chi connectivity index (χ2v) is 5.69. The van der Waals surface area contributed by atoms with Crippen LogP contribution in [0.25, 0.3) is 6.20 Å². The number of nitrogens with zero attached hydrogens (tertiary/aromatic N) is 3. The maximum atomic E-state index is 11.1. The summed E-state index contributed by atoms with van der Waals surface area (Å²) in [6.07, 6.45) is 4.25. The highest BCUT2D eigenvalue weighted by molar-refractivity contribution is 5.54. The lowest BCUT2D eigenvalue weighted by Gasteiger charge is -2.29. The van der Waals surface area contributed by atoms with Gasteiger partial charge >= 0.3 is 0 Å². The highest BCUT2D eigenvalue weighted by Gasteiger charge is 2.30. The molecular formula is C18H25N3O4. The van der Waals surface area contributed by atoms with Gasteiger partial charge in [-0.15, -0.1) is 0 Å². The summed E-state index contributed by atoms with van der Waals surface area (Å²) in [5, 5.41) is 11.1. The van der Waals surface area contributed by atoms with Gasteiger partial charge in [0, 0.05) is 18.6 Å². The van der Waals surface area contributed by atoms with Crippen LogP contribution in [0.1, 0.15) is 23.5 Å². The van der Waals surface area contributed by atoms with Crippen molar-refractivity contribution in [2.24, 2.45) is 0 Å². The number of likely N-dealkylation sites (N-methyl/N-ethyl adjacent to an activating group) is 1. The van der Waals surface area contributed by atoms with E-state index in [0.29, 0.717) is 28.6 Å². The van der Waals surface area contributed by atoms with Gasteiger partial charge in [0.05, 0.1) is 27.4 Å². The third kappa shape index (κ3) is 3.62. The average Bonchev–Trinajstić information content (AvgIpc) is 3.08. The first-order chi connectivity index (χ1) is 12.0. The van der Waals surface area contributed by atoms with Gasteiger partial charge in [0.25, 0.3) is 0 Å². The second-order valence-electron chi connectivity index (χ2n) is 5.69. The molecule has 7 nitrogen and oxygen atoms in total. The van der Waals surface area contributed by atoms with Crippen molar-refractivity contribution in [2.75, 3.05) is 35.4 Å². The van der Waals surface area contributed by atoms with Gasteiger partial charge in [-0.25, -0.2) is 4.98 Å². The Morgan fingerprint density at radius 1 is 1.16 bits per heavy atom. The maximum Gasteiger partial charge on any atom is 0.203 e. The van der Waals surface area contributed by atoms with Crippen LogP contribution in [-0.2, 0) is 0 Å². The summed E-state index contributed by atoms with van der Waals surface area (Å²) in [7, 11) is 8.39. The SMILES string of the molecule is C=Cn1ccnc1[C@@H]([C@H](O)c1cc(OC)c(OC)c(OC)c1)N(C)C. The topological polar surface area (TPSA) is 69.0 Å². The van der Waals surface area contributed by atoms with Crippen LogP contribution in [-0.4, -0.2) is 55.0 Å². The summed E-state index contributed by atoms with van der Waals surface area (Å²) in [5.74, 6) is 2.14. The molecule has 0 aliphatic carbocycles. The van der Waals surface area contributed by atoms with E-state index >= 15 is 0 Å². The maximum absolute atomic E-state index is 11.1. The zero-order valence-corrected chi connectivity index (χ0v) is 15.3. The first kappa shape index (κ1) is 18.8. The van der Waals surface area contributed by atoms with Crippen molar-refractivity contribution in [2.45, 2.75) is 12.1 Å². The predicted octanol–water partition coefficient (Wildman–Crippen LogP) is 2.35.